The van der Waals surface area contributed by atoms with Crippen LogP contribution in [0.25, 0.3) is 16.3 Å². The summed E-state index contributed by atoms with van der Waals surface area (Å²) in [7, 11) is 0. The zero-order valence-electron chi connectivity index (χ0n) is 14.6. The summed E-state index contributed by atoms with van der Waals surface area (Å²) in [5.41, 5.74) is 1.93. The number of amides is 1. The van der Waals surface area contributed by atoms with E-state index in [2.05, 4.69) is 6.07 Å². The summed E-state index contributed by atoms with van der Waals surface area (Å²) in [6, 6.07) is 13.9. The summed E-state index contributed by atoms with van der Waals surface area (Å²) in [4.78, 5) is 19.5. The molecule has 1 saturated heterocycles. The average molecular weight is 378 g/mol. The van der Waals surface area contributed by atoms with Crippen LogP contribution in [0.4, 0.5) is 0 Å². The van der Waals surface area contributed by atoms with Crippen LogP contribution < -0.4 is 9.47 Å². The minimum atomic E-state index is 0.0226. The summed E-state index contributed by atoms with van der Waals surface area (Å²) < 4.78 is 11.9. The van der Waals surface area contributed by atoms with E-state index in [1.54, 1.807) is 17.4 Å². The van der Waals surface area contributed by atoms with E-state index in [-0.39, 0.29) is 18.7 Å². The second-order valence-electron chi connectivity index (χ2n) is 6.66. The second-order valence-corrected chi connectivity index (χ2v) is 7.72. The maximum absolute atomic E-state index is 12.8. The van der Waals surface area contributed by atoms with Crippen LogP contribution in [0.3, 0.4) is 0 Å². The highest BCUT2D eigenvalue weighted by Gasteiger charge is 2.31. The molecule has 1 fully saturated rings. The zero-order valence-corrected chi connectivity index (χ0v) is 15.4. The highest BCUT2D eigenvalue weighted by atomic mass is 32.1. The van der Waals surface area contributed by atoms with Crippen LogP contribution in [0, 0.1) is 0 Å². The van der Waals surface area contributed by atoms with Crippen molar-refractivity contribution < 1.29 is 14.3 Å². The van der Waals surface area contributed by atoms with Gasteiger partial charge in [-0.05, 0) is 48.7 Å². The van der Waals surface area contributed by atoms with Crippen LogP contribution >= 0.6 is 11.3 Å². The molecule has 2 aromatic carbocycles. The molecule has 0 saturated carbocycles. The molecule has 0 aliphatic carbocycles. The van der Waals surface area contributed by atoms with E-state index in [0.717, 1.165) is 47.0 Å². The van der Waals surface area contributed by atoms with E-state index in [1.165, 1.54) is 4.70 Å². The molecule has 6 heteroatoms. The number of rotatable bonds is 3. The molecule has 0 N–H and O–H groups in total. The normalized spacial score (nSPS) is 18.7. The largest absolute Gasteiger partial charge is 0.454 e. The maximum Gasteiger partial charge on any atom is 0.247 e. The lowest BCUT2D eigenvalue weighted by molar-refractivity contribution is -0.126. The van der Waals surface area contributed by atoms with Crippen LogP contribution in [-0.4, -0.2) is 29.1 Å². The lowest BCUT2D eigenvalue weighted by atomic mass is 10.2. The molecular weight excluding hydrogens is 360 g/mol. The number of hydrogen-bond acceptors (Lipinski definition) is 5. The lowest BCUT2D eigenvalue weighted by Crippen LogP contribution is -2.28. The Hall–Kier alpha value is -2.86. The fourth-order valence-electron chi connectivity index (χ4n) is 3.60. The molecule has 5 rings (SSSR count). The first-order valence-electron chi connectivity index (χ1n) is 9.02. The smallest absolute Gasteiger partial charge is 0.247 e. The first-order chi connectivity index (χ1) is 13.3. The summed E-state index contributed by atoms with van der Waals surface area (Å²) in [5.74, 6) is 1.49. The van der Waals surface area contributed by atoms with Gasteiger partial charge in [0.25, 0.3) is 0 Å². The van der Waals surface area contributed by atoms with Gasteiger partial charge in [0, 0.05) is 12.6 Å². The number of benzene rings is 2. The predicted octanol–water partition coefficient (Wildman–Crippen LogP) is 4.40. The minimum absolute atomic E-state index is 0.0226. The fraction of sp³-hybridized carbons (Fsp3) is 0.238. The molecule has 27 heavy (non-hydrogen) atoms. The summed E-state index contributed by atoms with van der Waals surface area (Å²) in [5, 5.41) is 1.03. The Balaban J connectivity index is 1.35. The van der Waals surface area contributed by atoms with E-state index in [4.69, 9.17) is 14.5 Å². The van der Waals surface area contributed by atoms with Gasteiger partial charge in [-0.3, -0.25) is 4.79 Å². The fourth-order valence-corrected chi connectivity index (χ4v) is 4.72. The molecule has 3 heterocycles. The SMILES string of the molecule is O=C(/C=C/c1ccc2c(c1)OCO2)N1CCC[C@@H]1c1nc2ccccc2s1. The lowest BCUT2D eigenvalue weighted by Gasteiger charge is -2.21. The third kappa shape index (κ3) is 3.06. The van der Waals surface area contributed by atoms with Crippen LogP contribution in [0.5, 0.6) is 11.5 Å². The number of carbonyl (C=O) groups excluding carboxylic acids is 1. The molecule has 0 spiro atoms. The molecule has 2 aliphatic heterocycles. The van der Waals surface area contributed by atoms with Gasteiger partial charge in [-0.15, -0.1) is 11.3 Å². The molecule has 0 bridgehead atoms. The predicted molar refractivity (Wildman–Crippen MR) is 105 cm³/mol. The highest BCUT2D eigenvalue weighted by Crippen LogP contribution is 2.37. The van der Waals surface area contributed by atoms with E-state index < -0.39 is 0 Å². The molecule has 1 aromatic heterocycles. The minimum Gasteiger partial charge on any atom is -0.454 e. The van der Waals surface area contributed by atoms with Gasteiger partial charge in [-0.1, -0.05) is 18.2 Å². The van der Waals surface area contributed by atoms with Gasteiger partial charge < -0.3 is 14.4 Å². The molecule has 5 nitrogen and oxygen atoms in total. The first-order valence-corrected chi connectivity index (χ1v) is 9.83. The number of thiazole rings is 1. The van der Waals surface area contributed by atoms with Crippen molar-refractivity contribution in [3.05, 3.63) is 59.1 Å². The highest BCUT2D eigenvalue weighted by molar-refractivity contribution is 7.18. The molecule has 1 atom stereocenters. The number of fused-ring (bicyclic) bond motifs is 2. The Labute approximate surface area is 160 Å². The number of ether oxygens (including phenoxy) is 2. The monoisotopic (exact) mass is 378 g/mol. The van der Waals surface area contributed by atoms with Crippen molar-refractivity contribution in [3.8, 4) is 11.5 Å². The Morgan fingerprint density at radius 1 is 1.19 bits per heavy atom. The van der Waals surface area contributed by atoms with Crippen molar-refractivity contribution in [1.82, 2.24) is 9.88 Å². The van der Waals surface area contributed by atoms with Crippen LogP contribution in [0.2, 0.25) is 0 Å². The molecular formula is C21H18N2O3S. The third-order valence-corrected chi connectivity index (χ3v) is 6.08. The van der Waals surface area contributed by atoms with Crippen molar-refractivity contribution >= 4 is 33.5 Å². The van der Waals surface area contributed by atoms with Gasteiger partial charge >= 0.3 is 0 Å². The Bertz CT molecular complexity index is 1010. The Kier molecular flexibility index (Phi) is 4.05. The van der Waals surface area contributed by atoms with Gasteiger partial charge in [0.1, 0.15) is 5.01 Å². The van der Waals surface area contributed by atoms with Gasteiger partial charge in [-0.2, -0.15) is 0 Å². The Morgan fingerprint density at radius 2 is 2.07 bits per heavy atom. The number of para-hydroxylation sites is 1. The summed E-state index contributed by atoms with van der Waals surface area (Å²) in [6.07, 6.45) is 5.44. The molecule has 3 aromatic rings. The zero-order chi connectivity index (χ0) is 18.2. The van der Waals surface area contributed by atoms with Gasteiger partial charge in [0.05, 0.1) is 16.3 Å². The average Bonchev–Trinajstić information content (AvgIpc) is 3.43. The molecule has 1 amide bonds. The van der Waals surface area contributed by atoms with E-state index in [9.17, 15) is 4.79 Å². The van der Waals surface area contributed by atoms with Crippen molar-refractivity contribution in [2.24, 2.45) is 0 Å². The van der Waals surface area contributed by atoms with Gasteiger partial charge in [-0.25, -0.2) is 4.98 Å². The van der Waals surface area contributed by atoms with Crippen molar-refractivity contribution in [1.29, 1.82) is 0 Å². The number of nitrogens with zero attached hydrogens (tertiary/aromatic N) is 2. The van der Waals surface area contributed by atoms with E-state index >= 15 is 0 Å². The second kappa shape index (κ2) is 6.70. The van der Waals surface area contributed by atoms with Crippen LogP contribution in [0.15, 0.2) is 48.5 Å². The van der Waals surface area contributed by atoms with Crippen molar-refractivity contribution in [2.75, 3.05) is 13.3 Å². The summed E-state index contributed by atoms with van der Waals surface area (Å²) >= 11 is 1.68. The topological polar surface area (TPSA) is 51.7 Å². The van der Waals surface area contributed by atoms with Crippen LogP contribution in [0.1, 0.15) is 29.5 Å². The van der Waals surface area contributed by atoms with Gasteiger partial charge in [0.15, 0.2) is 11.5 Å². The van der Waals surface area contributed by atoms with Gasteiger partial charge in [0.2, 0.25) is 12.7 Å². The number of carbonyl (C=O) groups is 1. The van der Waals surface area contributed by atoms with E-state index in [1.807, 2.05) is 47.4 Å². The standard InChI is InChI=1S/C21H18N2O3S/c24-20(10-8-14-7-9-17-18(12-14)26-13-25-17)23-11-3-5-16(23)21-22-15-4-1-2-6-19(15)27-21/h1-2,4,6-10,12,16H,3,5,11,13H2/b10-8+/t16-/m1/s1. The number of aromatic nitrogens is 1. The van der Waals surface area contributed by atoms with E-state index in [0.29, 0.717) is 0 Å². The van der Waals surface area contributed by atoms with Crippen molar-refractivity contribution in [2.45, 2.75) is 18.9 Å². The molecule has 136 valence electrons. The quantitative estimate of drug-likeness (QED) is 0.634. The molecule has 2 aliphatic rings. The number of likely N-dealkylation sites (tertiary alicyclic amines) is 1. The molecule has 0 unspecified atom stereocenters. The number of hydrogen-bond donors (Lipinski definition) is 0. The van der Waals surface area contributed by atoms with Crippen LogP contribution in [-0.2, 0) is 4.79 Å². The van der Waals surface area contributed by atoms with Crippen molar-refractivity contribution in [3.63, 3.8) is 0 Å². The Morgan fingerprint density at radius 3 is 3.00 bits per heavy atom. The summed E-state index contributed by atoms with van der Waals surface area (Å²) in [6.45, 7) is 1.02. The first kappa shape index (κ1) is 16.3. The third-order valence-electron chi connectivity index (χ3n) is 4.95. The molecule has 0 radical (unpaired) electrons. The maximum atomic E-state index is 12.8.